The van der Waals surface area contributed by atoms with Crippen LogP contribution in [-0.2, 0) is 23.1 Å². The summed E-state index contributed by atoms with van der Waals surface area (Å²) in [5.41, 5.74) is 1.41. The lowest BCUT2D eigenvalue weighted by Gasteiger charge is -2.09. The Kier molecular flexibility index (Phi) is 5.05. The molecule has 0 bridgehead atoms. The van der Waals surface area contributed by atoms with Gasteiger partial charge >= 0.3 is 0 Å². The third-order valence-electron chi connectivity index (χ3n) is 2.84. The van der Waals surface area contributed by atoms with Crippen molar-refractivity contribution in [1.29, 1.82) is 0 Å². The molecule has 2 rings (SSSR count). The van der Waals surface area contributed by atoms with E-state index in [0.717, 1.165) is 5.56 Å². The molecule has 0 radical (unpaired) electrons. The Morgan fingerprint density at radius 3 is 2.76 bits per heavy atom. The molecule has 0 aliphatic rings. The van der Waals surface area contributed by atoms with Crippen molar-refractivity contribution in [3.8, 4) is 0 Å². The van der Waals surface area contributed by atoms with Gasteiger partial charge in [0.25, 0.3) is 10.0 Å². The van der Waals surface area contributed by atoms with Crippen LogP contribution >= 0.6 is 0 Å². The fourth-order valence-corrected chi connectivity index (χ4v) is 2.87. The molecule has 0 saturated heterocycles. The summed E-state index contributed by atoms with van der Waals surface area (Å²) in [4.78, 5) is 3.95. The maximum Gasteiger partial charge on any atom is 0.258 e. The number of pyridine rings is 1. The van der Waals surface area contributed by atoms with Crippen LogP contribution in [-0.4, -0.2) is 29.6 Å². The summed E-state index contributed by atoms with van der Waals surface area (Å²) in [7, 11) is -3.63. The van der Waals surface area contributed by atoms with Gasteiger partial charge in [0.2, 0.25) is 0 Å². The molecule has 0 aromatic carbocycles. The van der Waals surface area contributed by atoms with E-state index in [9.17, 15) is 8.42 Å². The van der Waals surface area contributed by atoms with Crippen molar-refractivity contribution in [3.05, 3.63) is 41.9 Å². The third kappa shape index (κ3) is 4.35. The van der Waals surface area contributed by atoms with Crippen molar-refractivity contribution in [2.75, 3.05) is 0 Å². The summed E-state index contributed by atoms with van der Waals surface area (Å²) in [6, 6.07) is 3.83. The minimum atomic E-state index is -3.63. The number of hydrogen-bond acceptors (Lipinski definition) is 5. The predicted octanol–water partition coefficient (Wildman–Crippen LogP) is 0.781. The Bertz CT molecular complexity index is 667. The lowest BCUT2D eigenvalue weighted by atomic mass is 10.3. The average Bonchev–Trinajstić information content (AvgIpc) is 2.93. The van der Waals surface area contributed by atoms with Gasteiger partial charge in [-0.05, 0) is 11.6 Å². The SMILES string of the molecule is CC(C)NCc1cn[nH]c1S(=O)(=O)NCc1cccnc1. The van der Waals surface area contributed by atoms with Crippen LogP contribution in [0.4, 0.5) is 0 Å². The standard InChI is InChI=1S/C13H19N5O2S/c1-10(2)15-8-12-9-16-18-13(12)21(19,20)17-7-11-4-3-5-14-6-11/h3-6,9-10,15,17H,7-8H2,1-2H3,(H,16,18). The van der Waals surface area contributed by atoms with Gasteiger partial charge < -0.3 is 5.32 Å². The molecule has 2 heterocycles. The van der Waals surface area contributed by atoms with Gasteiger partial charge in [-0.2, -0.15) is 5.10 Å². The molecule has 2 aromatic heterocycles. The van der Waals surface area contributed by atoms with Gasteiger partial charge in [0.1, 0.15) is 0 Å². The highest BCUT2D eigenvalue weighted by atomic mass is 32.2. The van der Waals surface area contributed by atoms with Gasteiger partial charge in [-0.25, -0.2) is 13.1 Å². The Morgan fingerprint density at radius 1 is 1.29 bits per heavy atom. The largest absolute Gasteiger partial charge is 0.310 e. The fraction of sp³-hybridized carbons (Fsp3) is 0.385. The van der Waals surface area contributed by atoms with E-state index in [4.69, 9.17) is 0 Å². The van der Waals surface area contributed by atoms with E-state index in [-0.39, 0.29) is 17.6 Å². The number of aromatic nitrogens is 3. The molecule has 7 nitrogen and oxygen atoms in total. The van der Waals surface area contributed by atoms with Crippen LogP contribution in [0.1, 0.15) is 25.0 Å². The molecule has 8 heteroatoms. The van der Waals surface area contributed by atoms with E-state index in [1.54, 1.807) is 18.5 Å². The second kappa shape index (κ2) is 6.79. The van der Waals surface area contributed by atoms with E-state index in [1.807, 2.05) is 19.9 Å². The molecule has 0 unspecified atom stereocenters. The first-order valence-electron chi connectivity index (χ1n) is 6.63. The molecule has 0 aliphatic carbocycles. The summed E-state index contributed by atoms with van der Waals surface area (Å²) < 4.78 is 27.1. The monoisotopic (exact) mass is 309 g/mol. The van der Waals surface area contributed by atoms with E-state index in [0.29, 0.717) is 12.1 Å². The Labute approximate surface area is 124 Å². The lowest BCUT2D eigenvalue weighted by Crippen LogP contribution is -2.27. The molecule has 2 aromatic rings. The number of nitrogens with one attached hydrogen (secondary N) is 3. The molecule has 21 heavy (non-hydrogen) atoms. The summed E-state index contributed by atoms with van der Waals surface area (Å²) >= 11 is 0. The number of H-pyrrole nitrogens is 1. The first kappa shape index (κ1) is 15.6. The van der Waals surface area contributed by atoms with Crippen molar-refractivity contribution in [2.24, 2.45) is 0 Å². The normalized spacial score (nSPS) is 12.0. The number of hydrogen-bond donors (Lipinski definition) is 3. The van der Waals surface area contributed by atoms with Gasteiger partial charge in [-0.1, -0.05) is 19.9 Å². The van der Waals surface area contributed by atoms with Gasteiger partial charge in [-0.3, -0.25) is 10.1 Å². The van der Waals surface area contributed by atoms with Crippen LogP contribution in [0.3, 0.4) is 0 Å². The van der Waals surface area contributed by atoms with Crippen molar-refractivity contribution in [3.63, 3.8) is 0 Å². The zero-order chi connectivity index (χ0) is 15.3. The van der Waals surface area contributed by atoms with E-state index >= 15 is 0 Å². The highest BCUT2D eigenvalue weighted by Gasteiger charge is 2.20. The van der Waals surface area contributed by atoms with Crippen LogP contribution < -0.4 is 10.0 Å². The first-order chi connectivity index (χ1) is 9.99. The van der Waals surface area contributed by atoms with E-state index in [2.05, 4.69) is 25.2 Å². The number of aromatic amines is 1. The summed E-state index contributed by atoms with van der Waals surface area (Å²) in [6.45, 7) is 4.62. The average molecular weight is 309 g/mol. The molecule has 114 valence electrons. The highest BCUT2D eigenvalue weighted by molar-refractivity contribution is 7.89. The summed E-state index contributed by atoms with van der Waals surface area (Å²) in [6.07, 6.45) is 4.79. The van der Waals surface area contributed by atoms with Gasteiger partial charge in [-0.15, -0.1) is 0 Å². The Morgan fingerprint density at radius 2 is 2.10 bits per heavy atom. The van der Waals surface area contributed by atoms with Crippen molar-refractivity contribution < 1.29 is 8.42 Å². The van der Waals surface area contributed by atoms with Gasteiger partial charge in [0.05, 0.1) is 6.20 Å². The molecule has 0 aliphatic heterocycles. The summed E-state index contributed by atoms with van der Waals surface area (Å²) in [5, 5.41) is 9.64. The molecule has 0 spiro atoms. The van der Waals surface area contributed by atoms with Crippen molar-refractivity contribution in [2.45, 2.75) is 38.0 Å². The Hall–Kier alpha value is -1.77. The second-order valence-electron chi connectivity index (χ2n) is 4.95. The predicted molar refractivity (Wildman–Crippen MR) is 78.8 cm³/mol. The van der Waals surface area contributed by atoms with E-state index < -0.39 is 10.0 Å². The zero-order valence-electron chi connectivity index (χ0n) is 12.0. The van der Waals surface area contributed by atoms with Crippen molar-refractivity contribution in [1.82, 2.24) is 25.2 Å². The molecular formula is C13H19N5O2S. The minimum absolute atomic E-state index is 0.0968. The number of sulfonamides is 1. The maximum absolute atomic E-state index is 12.3. The Balaban J connectivity index is 2.07. The molecule has 0 saturated carbocycles. The zero-order valence-corrected chi connectivity index (χ0v) is 12.8. The third-order valence-corrected chi connectivity index (χ3v) is 4.25. The first-order valence-corrected chi connectivity index (χ1v) is 8.11. The van der Waals surface area contributed by atoms with Gasteiger partial charge in [0.15, 0.2) is 5.03 Å². The molecule has 0 amide bonds. The number of rotatable bonds is 7. The molecule has 0 atom stereocenters. The van der Waals surface area contributed by atoms with Crippen LogP contribution in [0.15, 0.2) is 35.7 Å². The second-order valence-corrected chi connectivity index (χ2v) is 6.65. The minimum Gasteiger partial charge on any atom is -0.310 e. The maximum atomic E-state index is 12.3. The van der Waals surface area contributed by atoms with Crippen LogP contribution in [0.2, 0.25) is 0 Å². The van der Waals surface area contributed by atoms with E-state index in [1.165, 1.54) is 6.20 Å². The molecular weight excluding hydrogens is 290 g/mol. The topological polar surface area (TPSA) is 99.8 Å². The number of nitrogens with zero attached hydrogens (tertiary/aromatic N) is 2. The summed E-state index contributed by atoms with van der Waals surface area (Å²) in [5.74, 6) is 0. The smallest absolute Gasteiger partial charge is 0.258 e. The fourth-order valence-electron chi connectivity index (χ4n) is 1.73. The highest BCUT2D eigenvalue weighted by Crippen LogP contribution is 2.12. The molecule has 0 fully saturated rings. The molecule has 3 N–H and O–H groups in total. The van der Waals surface area contributed by atoms with Crippen LogP contribution in [0.5, 0.6) is 0 Å². The lowest BCUT2D eigenvalue weighted by molar-refractivity contribution is 0.564. The van der Waals surface area contributed by atoms with Crippen molar-refractivity contribution >= 4 is 10.0 Å². The van der Waals surface area contributed by atoms with Gasteiger partial charge in [0, 0.05) is 37.1 Å². The van der Waals surface area contributed by atoms with Crippen LogP contribution in [0.25, 0.3) is 0 Å². The quantitative estimate of drug-likeness (QED) is 0.702. The van der Waals surface area contributed by atoms with Crippen LogP contribution in [0, 0.1) is 0 Å².